The van der Waals surface area contributed by atoms with Gasteiger partial charge in [0.05, 0.1) is 0 Å². The summed E-state index contributed by atoms with van der Waals surface area (Å²) in [6.45, 7) is 1.60. The summed E-state index contributed by atoms with van der Waals surface area (Å²) in [6.07, 6.45) is 6.22. The maximum atomic E-state index is 12.9. The van der Waals surface area contributed by atoms with Crippen molar-refractivity contribution in [3.05, 3.63) is 35.9 Å². The first kappa shape index (κ1) is 17.9. The minimum absolute atomic E-state index is 0.0105. The Morgan fingerprint density at radius 1 is 1.12 bits per heavy atom. The molecule has 3 atom stereocenters. The molecule has 3 rings (SSSR count). The van der Waals surface area contributed by atoms with Crippen molar-refractivity contribution in [1.82, 2.24) is 10.2 Å². The summed E-state index contributed by atoms with van der Waals surface area (Å²) < 4.78 is 0. The van der Waals surface area contributed by atoms with Gasteiger partial charge in [-0.15, -0.1) is 0 Å². The summed E-state index contributed by atoms with van der Waals surface area (Å²) in [4.78, 5) is 27.5. The number of nitrogens with one attached hydrogen (secondary N) is 1. The summed E-state index contributed by atoms with van der Waals surface area (Å²) in [5, 5.41) is 3.05. The molecule has 136 valence electrons. The highest BCUT2D eigenvalue weighted by Crippen LogP contribution is 2.23. The summed E-state index contributed by atoms with van der Waals surface area (Å²) in [5.74, 6) is -0.0214. The number of rotatable bonds is 5. The third-order valence-corrected chi connectivity index (χ3v) is 5.40. The molecule has 1 aliphatic carbocycles. The molecule has 1 aliphatic heterocycles. The van der Waals surface area contributed by atoms with Gasteiger partial charge in [-0.3, -0.25) is 9.59 Å². The van der Waals surface area contributed by atoms with Gasteiger partial charge >= 0.3 is 0 Å². The number of carbonyl (C=O) groups excluding carboxylic acids is 2. The monoisotopic (exact) mass is 343 g/mol. The lowest BCUT2D eigenvalue weighted by Gasteiger charge is -2.29. The van der Waals surface area contributed by atoms with Crippen molar-refractivity contribution in [2.24, 2.45) is 11.7 Å². The lowest BCUT2D eigenvalue weighted by Crippen LogP contribution is -2.51. The van der Waals surface area contributed by atoms with Crippen molar-refractivity contribution in [3.8, 4) is 0 Å². The van der Waals surface area contributed by atoms with Crippen LogP contribution in [0.4, 0.5) is 0 Å². The minimum Gasteiger partial charge on any atom is -0.344 e. The van der Waals surface area contributed by atoms with E-state index in [9.17, 15) is 9.59 Å². The Morgan fingerprint density at radius 2 is 1.84 bits per heavy atom. The first-order valence-corrected chi connectivity index (χ1v) is 9.52. The highest BCUT2D eigenvalue weighted by atomic mass is 16.2. The van der Waals surface area contributed by atoms with Gasteiger partial charge in [-0.2, -0.15) is 0 Å². The van der Waals surface area contributed by atoms with Crippen molar-refractivity contribution in [2.45, 2.75) is 57.0 Å². The second-order valence-corrected chi connectivity index (χ2v) is 7.41. The molecule has 0 spiro atoms. The molecule has 1 saturated carbocycles. The average molecular weight is 343 g/mol. The Hall–Kier alpha value is -1.88. The third-order valence-electron chi connectivity index (χ3n) is 5.40. The molecule has 5 nitrogen and oxygen atoms in total. The zero-order valence-electron chi connectivity index (χ0n) is 14.8. The number of amides is 2. The van der Waals surface area contributed by atoms with E-state index in [4.69, 9.17) is 5.73 Å². The molecule has 2 aliphatic rings. The van der Waals surface area contributed by atoms with Gasteiger partial charge in [-0.05, 0) is 37.7 Å². The number of likely N-dealkylation sites (tertiary alicyclic amines) is 1. The number of hydrogen-bond acceptors (Lipinski definition) is 3. The van der Waals surface area contributed by atoms with Crippen molar-refractivity contribution in [3.63, 3.8) is 0 Å². The Balaban J connectivity index is 1.68. The van der Waals surface area contributed by atoms with Crippen molar-refractivity contribution < 1.29 is 9.59 Å². The number of nitrogens with two attached hydrogens (primary N) is 1. The van der Waals surface area contributed by atoms with E-state index in [1.54, 1.807) is 0 Å². The van der Waals surface area contributed by atoms with Gasteiger partial charge in [0.2, 0.25) is 11.8 Å². The maximum absolute atomic E-state index is 12.9. The van der Waals surface area contributed by atoms with Gasteiger partial charge in [-0.1, -0.05) is 36.8 Å². The first-order valence-electron chi connectivity index (χ1n) is 9.52. The van der Waals surface area contributed by atoms with E-state index in [1.165, 1.54) is 0 Å². The van der Waals surface area contributed by atoms with Crippen LogP contribution >= 0.6 is 0 Å². The molecule has 2 amide bonds. The Bertz CT molecular complexity index is 584. The predicted molar refractivity (Wildman–Crippen MR) is 97.8 cm³/mol. The van der Waals surface area contributed by atoms with Gasteiger partial charge in [0, 0.05) is 31.5 Å². The van der Waals surface area contributed by atoms with Crippen LogP contribution in [0.25, 0.3) is 0 Å². The zero-order chi connectivity index (χ0) is 17.6. The number of hydrogen-bond donors (Lipinski definition) is 2. The molecule has 0 radical (unpaired) electrons. The Labute approximate surface area is 150 Å². The fraction of sp³-hybridized carbons (Fsp3) is 0.600. The van der Waals surface area contributed by atoms with Crippen LogP contribution in [0, 0.1) is 5.92 Å². The first-order chi connectivity index (χ1) is 12.1. The number of benzene rings is 1. The van der Waals surface area contributed by atoms with Crippen LogP contribution in [-0.2, 0) is 16.0 Å². The van der Waals surface area contributed by atoms with E-state index in [0.29, 0.717) is 6.42 Å². The molecule has 5 heteroatoms. The van der Waals surface area contributed by atoms with E-state index < -0.39 is 6.04 Å². The van der Waals surface area contributed by atoms with E-state index in [-0.39, 0.29) is 23.8 Å². The largest absolute Gasteiger partial charge is 0.344 e. The van der Waals surface area contributed by atoms with Crippen LogP contribution in [0.15, 0.2) is 30.3 Å². The highest BCUT2D eigenvalue weighted by Gasteiger charge is 2.31. The normalized spacial score (nSPS) is 24.8. The van der Waals surface area contributed by atoms with E-state index >= 15 is 0 Å². The number of carbonyl (C=O) groups is 2. The van der Waals surface area contributed by atoms with Crippen LogP contribution in [0.1, 0.15) is 44.1 Å². The fourth-order valence-corrected chi connectivity index (χ4v) is 3.96. The van der Waals surface area contributed by atoms with Crippen molar-refractivity contribution >= 4 is 11.8 Å². The molecule has 1 aromatic carbocycles. The molecule has 1 aromatic rings. The lowest BCUT2D eigenvalue weighted by atomic mass is 9.85. The Morgan fingerprint density at radius 3 is 2.52 bits per heavy atom. The molecule has 3 unspecified atom stereocenters. The van der Waals surface area contributed by atoms with Crippen molar-refractivity contribution in [2.75, 3.05) is 13.1 Å². The molecule has 0 aromatic heterocycles. The molecule has 3 N–H and O–H groups in total. The van der Waals surface area contributed by atoms with Gasteiger partial charge in [-0.25, -0.2) is 0 Å². The molecule has 0 bridgehead atoms. The molecular formula is C20H29N3O2. The topological polar surface area (TPSA) is 75.4 Å². The van der Waals surface area contributed by atoms with Gasteiger partial charge in [0.1, 0.15) is 6.04 Å². The summed E-state index contributed by atoms with van der Waals surface area (Å²) >= 11 is 0. The van der Waals surface area contributed by atoms with E-state index in [2.05, 4.69) is 5.32 Å². The van der Waals surface area contributed by atoms with E-state index in [0.717, 1.165) is 57.2 Å². The Kier molecular flexibility index (Phi) is 6.08. The van der Waals surface area contributed by atoms with E-state index in [1.807, 2.05) is 35.2 Å². The molecule has 1 saturated heterocycles. The maximum Gasteiger partial charge on any atom is 0.245 e. The number of nitrogens with zero attached hydrogens (tertiary/aromatic N) is 1. The van der Waals surface area contributed by atoms with Crippen molar-refractivity contribution in [1.29, 1.82) is 0 Å². The highest BCUT2D eigenvalue weighted by molar-refractivity contribution is 5.89. The minimum atomic E-state index is -0.480. The van der Waals surface area contributed by atoms with Crippen LogP contribution in [0.5, 0.6) is 0 Å². The van der Waals surface area contributed by atoms with Gasteiger partial charge < -0.3 is 16.0 Å². The standard InChI is InChI=1S/C20H29N3O2/c21-17-10-6-9-16(14-17)19(24)22-18(13-15-7-2-1-3-8-15)20(25)23-11-4-5-12-23/h1-3,7-8,16-18H,4-6,9-14,21H2,(H,22,24). The SMILES string of the molecule is NC1CCCC(C(=O)NC(Cc2ccccc2)C(=O)N2CCCC2)C1. The smallest absolute Gasteiger partial charge is 0.245 e. The van der Waals surface area contributed by atoms with Crippen LogP contribution in [-0.4, -0.2) is 41.9 Å². The summed E-state index contributed by atoms with van der Waals surface area (Å²) in [5.41, 5.74) is 7.09. The van der Waals surface area contributed by atoms with Crippen LogP contribution in [0.3, 0.4) is 0 Å². The summed E-state index contributed by atoms with van der Waals surface area (Å²) in [6, 6.07) is 9.53. The lowest BCUT2D eigenvalue weighted by molar-refractivity contribution is -0.137. The molecule has 1 heterocycles. The average Bonchev–Trinajstić information content (AvgIpc) is 3.16. The van der Waals surface area contributed by atoms with Crippen LogP contribution in [0.2, 0.25) is 0 Å². The quantitative estimate of drug-likeness (QED) is 0.857. The zero-order valence-corrected chi connectivity index (χ0v) is 14.8. The molecular weight excluding hydrogens is 314 g/mol. The summed E-state index contributed by atoms with van der Waals surface area (Å²) in [7, 11) is 0. The second kappa shape index (κ2) is 8.48. The molecule has 25 heavy (non-hydrogen) atoms. The second-order valence-electron chi connectivity index (χ2n) is 7.41. The third kappa shape index (κ3) is 4.82. The molecule has 2 fully saturated rings. The van der Waals surface area contributed by atoms with Gasteiger partial charge in [0.15, 0.2) is 0 Å². The van der Waals surface area contributed by atoms with Crippen LogP contribution < -0.4 is 11.1 Å². The van der Waals surface area contributed by atoms with Gasteiger partial charge in [0.25, 0.3) is 0 Å². The predicted octanol–water partition coefficient (Wildman–Crippen LogP) is 1.85. The fourth-order valence-electron chi connectivity index (χ4n) is 3.96.